The summed E-state index contributed by atoms with van der Waals surface area (Å²) in [6.45, 7) is 1.45. The summed E-state index contributed by atoms with van der Waals surface area (Å²) in [5, 5.41) is 21.7. The maximum atomic E-state index is 12.0. The Bertz CT molecular complexity index is 793. The molecule has 0 aliphatic carbocycles. The number of carboxylic acid groups (broad SMARTS) is 1. The SMILES string of the molecule is C[C@@H](N)C(=O)C[C@@H](CCC(=O)NC(=N)NC(=O)Cc1c(Cl)cccc1Cl)C(=O)O. The molecule has 0 aliphatic rings. The molecule has 29 heavy (non-hydrogen) atoms. The Morgan fingerprint density at radius 2 is 1.69 bits per heavy atom. The average Bonchev–Trinajstić information content (AvgIpc) is 2.61. The summed E-state index contributed by atoms with van der Waals surface area (Å²) in [6.07, 6.45) is -0.849. The molecule has 0 bridgehead atoms. The van der Waals surface area contributed by atoms with E-state index in [0.717, 1.165) is 0 Å². The normalized spacial score (nSPS) is 12.6. The van der Waals surface area contributed by atoms with E-state index in [0.29, 0.717) is 15.6 Å². The van der Waals surface area contributed by atoms with Gasteiger partial charge in [-0.25, -0.2) is 0 Å². The van der Waals surface area contributed by atoms with Gasteiger partial charge in [-0.1, -0.05) is 29.3 Å². The summed E-state index contributed by atoms with van der Waals surface area (Å²) in [5.74, 6) is -4.56. The lowest BCUT2D eigenvalue weighted by Gasteiger charge is -2.13. The number of Topliss-reactive ketones (excluding diaryl/α,β-unsaturated/α-hetero) is 1. The van der Waals surface area contributed by atoms with Crippen LogP contribution in [0.4, 0.5) is 0 Å². The van der Waals surface area contributed by atoms with Gasteiger partial charge < -0.3 is 10.8 Å². The number of ketones is 1. The van der Waals surface area contributed by atoms with Crippen LogP contribution in [0.25, 0.3) is 0 Å². The monoisotopic (exact) mass is 444 g/mol. The summed E-state index contributed by atoms with van der Waals surface area (Å²) >= 11 is 12.0. The molecule has 158 valence electrons. The second kappa shape index (κ2) is 11.5. The summed E-state index contributed by atoms with van der Waals surface area (Å²) in [6, 6.07) is 3.97. The first-order valence-electron chi connectivity index (χ1n) is 8.63. The Labute approximate surface area is 177 Å². The molecule has 0 aromatic heterocycles. The molecule has 0 heterocycles. The van der Waals surface area contributed by atoms with E-state index in [-0.39, 0.29) is 25.7 Å². The molecule has 0 radical (unpaired) electrons. The number of carbonyl (C=O) groups is 4. The highest BCUT2D eigenvalue weighted by Gasteiger charge is 2.24. The molecule has 0 saturated carbocycles. The summed E-state index contributed by atoms with van der Waals surface area (Å²) in [4.78, 5) is 46.7. The maximum Gasteiger partial charge on any atom is 0.306 e. The molecule has 0 spiro atoms. The second-order valence-electron chi connectivity index (χ2n) is 6.38. The number of hydrogen-bond donors (Lipinski definition) is 5. The predicted molar refractivity (Wildman–Crippen MR) is 108 cm³/mol. The number of guanidine groups is 1. The van der Waals surface area contributed by atoms with Crippen molar-refractivity contribution in [1.29, 1.82) is 5.41 Å². The Morgan fingerprint density at radius 1 is 1.14 bits per heavy atom. The first-order chi connectivity index (χ1) is 13.5. The molecular weight excluding hydrogens is 423 g/mol. The van der Waals surface area contributed by atoms with Crippen molar-refractivity contribution in [2.24, 2.45) is 11.7 Å². The predicted octanol–water partition coefficient (Wildman–Crippen LogP) is 1.49. The molecule has 0 saturated heterocycles. The van der Waals surface area contributed by atoms with Crippen LogP contribution in [-0.2, 0) is 25.6 Å². The van der Waals surface area contributed by atoms with E-state index < -0.39 is 41.5 Å². The molecular formula is C18H22Cl2N4O5. The highest BCUT2D eigenvalue weighted by atomic mass is 35.5. The molecule has 9 nitrogen and oxygen atoms in total. The second-order valence-corrected chi connectivity index (χ2v) is 7.20. The van der Waals surface area contributed by atoms with Crippen LogP contribution in [0.3, 0.4) is 0 Å². The van der Waals surface area contributed by atoms with Gasteiger partial charge in [0.15, 0.2) is 0 Å². The van der Waals surface area contributed by atoms with Crippen molar-refractivity contribution in [2.75, 3.05) is 0 Å². The highest BCUT2D eigenvalue weighted by Crippen LogP contribution is 2.24. The van der Waals surface area contributed by atoms with Crippen molar-refractivity contribution < 1.29 is 24.3 Å². The van der Waals surface area contributed by atoms with Gasteiger partial charge in [0.05, 0.1) is 18.4 Å². The van der Waals surface area contributed by atoms with E-state index in [9.17, 15) is 19.2 Å². The van der Waals surface area contributed by atoms with Gasteiger partial charge in [-0.15, -0.1) is 0 Å². The van der Waals surface area contributed by atoms with E-state index in [1.807, 2.05) is 0 Å². The summed E-state index contributed by atoms with van der Waals surface area (Å²) < 4.78 is 0. The van der Waals surface area contributed by atoms with Gasteiger partial charge in [-0.05, 0) is 31.0 Å². The smallest absolute Gasteiger partial charge is 0.306 e. The average molecular weight is 445 g/mol. The molecule has 0 unspecified atom stereocenters. The number of nitrogens with one attached hydrogen (secondary N) is 3. The van der Waals surface area contributed by atoms with E-state index in [1.165, 1.54) is 6.92 Å². The molecule has 1 aromatic rings. The largest absolute Gasteiger partial charge is 0.481 e. The van der Waals surface area contributed by atoms with Crippen LogP contribution < -0.4 is 16.4 Å². The van der Waals surface area contributed by atoms with Crippen LogP contribution in [0.1, 0.15) is 31.7 Å². The Hall–Kier alpha value is -2.49. The van der Waals surface area contributed by atoms with Crippen LogP contribution in [0.5, 0.6) is 0 Å². The molecule has 0 fully saturated rings. The molecule has 6 N–H and O–H groups in total. The van der Waals surface area contributed by atoms with Gasteiger partial charge in [0, 0.05) is 22.9 Å². The summed E-state index contributed by atoms with van der Waals surface area (Å²) in [7, 11) is 0. The Balaban J connectivity index is 2.50. The number of carbonyl (C=O) groups excluding carboxylic acids is 3. The Kier molecular flexibility index (Phi) is 9.73. The van der Waals surface area contributed by atoms with E-state index in [4.69, 9.17) is 39.5 Å². The molecule has 0 aliphatic heterocycles. The number of amides is 2. The van der Waals surface area contributed by atoms with Gasteiger partial charge >= 0.3 is 5.97 Å². The fourth-order valence-corrected chi connectivity index (χ4v) is 2.86. The lowest BCUT2D eigenvalue weighted by molar-refractivity contribution is -0.144. The van der Waals surface area contributed by atoms with Gasteiger partial charge in [0.25, 0.3) is 0 Å². The number of benzene rings is 1. The van der Waals surface area contributed by atoms with Gasteiger partial charge in [0.2, 0.25) is 17.8 Å². The number of rotatable bonds is 9. The van der Waals surface area contributed by atoms with Crippen molar-refractivity contribution in [2.45, 2.75) is 38.6 Å². The number of halogens is 2. The van der Waals surface area contributed by atoms with Crippen LogP contribution in [0.2, 0.25) is 10.0 Å². The molecule has 1 rings (SSSR count). The van der Waals surface area contributed by atoms with Crippen LogP contribution in [-0.4, -0.2) is 40.7 Å². The Morgan fingerprint density at radius 3 is 2.21 bits per heavy atom. The third-order valence-corrected chi connectivity index (χ3v) is 4.66. The maximum absolute atomic E-state index is 12.0. The van der Waals surface area contributed by atoms with Crippen molar-refractivity contribution in [3.63, 3.8) is 0 Å². The first-order valence-corrected chi connectivity index (χ1v) is 9.39. The van der Waals surface area contributed by atoms with Crippen molar-refractivity contribution >= 4 is 52.7 Å². The molecule has 2 atom stereocenters. The van der Waals surface area contributed by atoms with Crippen LogP contribution >= 0.6 is 23.2 Å². The van der Waals surface area contributed by atoms with Crippen molar-refractivity contribution in [1.82, 2.24) is 10.6 Å². The third kappa shape index (κ3) is 8.59. The van der Waals surface area contributed by atoms with Gasteiger partial charge in [-0.2, -0.15) is 0 Å². The zero-order valence-electron chi connectivity index (χ0n) is 15.6. The fourth-order valence-electron chi connectivity index (χ4n) is 2.33. The quantitative estimate of drug-likeness (QED) is 0.286. The highest BCUT2D eigenvalue weighted by molar-refractivity contribution is 6.36. The zero-order valence-corrected chi connectivity index (χ0v) is 17.1. The molecule has 11 heteroatoms. The van der Waals surface area contributed by atoms with Gasteiger partial charge in [0.1, 0.15) is 5.78 Å². The van der Waals surface area contributed by atoms with Crippen molar-refractivity contribution in [3.05, 3.63) is 33.8 Å². The van der Waals surface area contributed by atoms with E-state index in [1.54, 1.807) is 18.2 Å². The third-order valence-electron chi connectivity index (χ3n) is 3.95. The van der Waals surface area contributed by atoms with Crippen LogP contribution in [0, 0.1) is 11.3 Å². The lowest BCUT2D eigenvalue weighted by atomic mass is 9.95. The van der Waals surface area contributed by atoms with Crippen molar-refractivity contribution in [3.8, 4) is 0 Å². The standard InChI is InChI=1S/C18H22Cl2N4O5/c1-9(21)14(25)7-10(17(28)29)5-6-15(26)23-18(22)24-16(27)8-11-12(19)3-2-4-13(11)20/h2-4,9-10H,5-8,21H2,1H3,(H,28,29)(H3,22,23,24,26,27)/t9-,10-/m1/s1. The first kappa shape index (κ1) is 24.5. The zero-order chi connectivity index (χ0) is 22.1. The molecule has 2 amide bonds. The molecule has 1 aromatic carbocycles. The van der Waals surface area contributed by atoms with E-state index >= 15 is 0 Å². The minimum Gasteiger partial charge on any atom is -0.481 e. The van der Waals surface area contributed by atoms with Crippen LogP contribution in [0.15, 0.2) is 18.2 Å². The topological polar surface area (TPSA) is 162 Å². The lowest BCUT2D eigenvalue weighted by Crippen LogP contribution is -2.43. The minimum absolute atomic E-state index is 0.115. The fraction of sp³-hybridized carbons (Fsp3) is 0.389. The number of carboxylic acids is 1. The minimum atomic E-state index is -1.22. The number of nitrogens with two attached hydrogens (primary N) is 1. The number of hydrogen-bond acceptors (Lipinski definition) is 6. The number of aliphatic carboxylic acids is 1. The van der Waals surface area contributed by atoms with Gasteiger partial charge in [-0.3, -0.25) is 35.2 Å². The van der Waals surface area contributed by atoms with E-state index in [2.05, 4.69) is 10.6 Å². The summed E-state index contributed by atoms with van der Waals surface area (Å²) in [5.41, 5.74) is 5.80.